The zero-order valence-electron chi connectivity index (χ0n) is 19.1. The largest absolute Gasteiger partial charge is 0.381 e. The molecule has 3 aromatic heterocycles. The Balaban J connectivity index is 1.72. The first kappa shape index (κ1) is 22.8. The van der Waals surface area contributed by atoms with Crippen molar-refractivity contribution in [1.82, 2.24) is 24.5 Å². The highest BCUT2D eigenvalue weighted by Crippen LogP contribution is 2.31. The molecule has 4 heterocycles. The number of nitrogens with two attached hydrogens (primary N) is 1. The van der Waals surface area contributed by atoms with Crippen LogP contribution in [0.2, 0.25) is 0 Å². The Morgan fingerprint density at radius 3 is 2.55 bits per heavy atom. The van der Waals surface area contributed by atoms with Crippen LogP contribution >= 0.6 is 0 Å². The molecule has 33 heavy (non-hydrogen) atoms. The van der Waals surface area contributed by atoms with Gasteiger partial charge in [-0.3, -0.25) is 4.79 Å². The number of pyridine rings is 1. The van der Waals surface area contributed by atoms with Crippen LogP contribution < -0.4 is 11.1 Å². The molecule has 0 spiro atoms. The van der Waals surface area contributed by atoms with E-state index >= 15 is 0 Å². The summed E-state index contributed by atoms with van der Waals surface area (Å²) in [4.78, 5) is 29.1. The zero-order chi connectivity index (χ0) is 23.5. The lowest BCUT2D eigenvalue weighted by molar-refractivity contribution is 0.0694. The van der Waals surface area contributed by atoms with Crippen LogP contribution in [0, 0.1) is 12.7 Å². The number of nitrogens with one attached hydrogen (secondary N) is 1. The van der Waals surface area contributed by atoms with Crippen molar-refractivity contribution in [2.24, 2.45) is 5.73 Å². The highest BCUT2D eigenvalue weighted by molar-refractivity contribution is 5.93. The summed E-state index contributed by atoms with van der Waals surface area (Å²) in [7, 11) is 0. The highest BCUT2D eigenvalue weighted by Gasteiger charge is 2.24. The number of ether oxygens (including phenoxy) is 1. The number of amides is 1. The lowest BCUT2D eigenvalue weighted by atomic mass is 9.99. The Kier molecular flexibility index (Phi) is 6.64. The first-order valence-electron chi connectivity index (χ1n) is 11.2. The van der Waals surface area contributed by atoms with Crippen molar-refractivity contribution in [3.8, 4) is 11.4 Å². The molecule has 0 aromatic carbocycles. The molecule has 0 atom stereocenters. The van der Waals surface area contributed by atoms with Gasteiger partial charge in [-0.15, -0.1) is 0 Å². The number of hydrogen-bond acceptors (Lipinski definition) is 7. The number of carbonyl (C=O) groups is 1. The second-order valence-corrected chi connectivity index (χ2v) is 7.97. The Morgan fingerprint density at radius 1 is 1.15 bits per heavy atom. The number of halogens is 1. The third kappa shape index (κ3) is 4.43. The molecule has 3 N–H and O–H groups in total. The summed E-state index contributed by atoms with van der Waals surface area (Å²) in [6, 6.07) is 0.173. The van der Waals surface area contributed by atoms with Crippen molar-refractivity contribution in [3.63, 3.8) is 0 Å². The van der Waals surface area contributed by atoms with Gasteiger partial charge in [-0.25, -0.2) is 24.3 Å². The van der Waals surface area contributed by atoms with Gasteiger partial charge in [-0.2, -0.15) is 0 Å². The molecule has 0 unspecified atom stereocenters. The van der Waals surface area contributed by atoms with Gasteiger partial charge in [0.2, 0.25) is 5.95 Å². The number of nitrogens with zero attached hydrogens (tertiary/aromatic N) is 5. The number of imidazole rings is 1. The number of aromatic nitrogens is 5. The molecule has 1 aliphatic heterocycles. The van der Waals surface area contributed by atoms with Crippen molar-refractivity contribution in [3.05, 3.63) is 47.1 Å². The summed E-state index contributed by atoms with van der Waals surface area (Å²) in [5, 5.41) is 3.15. The molecular formula is C23H28FN7O2. The Labute approximate surface area is 191 Å². The van der Waals surface area contributed by atoms with Crippen LogP contribution in [0.4, 0.5) is 16.0 Å². The molecule has 9 nitrogen and oxygen atoms in total. The molecule has 174 valence electrons. The van der Waals surface area contributed by atoms with E-state index in [1.807, 2.05) is 25.3 Å². The van der Waals surface area contributed by atoms with E-state index in [1.54, 1.807) is 12.4 Å². The Bertz CT molecular complexity index is 1170. The van der Waals surface area contributed by atoms with Crippen LogP contribution in [0.3, 0.4) is 0 Å². The second-order valence-electron chi connectivity index (χ2n) is 7.97. The van der Waals surface area contributed by atoms with Gasteiger partial charge in [0.25, 0.3) is 5.91 Å². The minimum absolute atomic E-state index is 0.173. The van der Waals surface area contributed by atoms with E-state index in [0.717, 1.165) is 36.0 Å². The number of hydrogen-bond donors (Lipinski definition) is 2. The Morgan fingerprint density at radius 2 is 1.88 bits per heavy atom. The van der Waals surface area contributed by atoms with Crippen molar-refractivity contribution in [1.29, 1.82) is 0 Å². The summed E-state index contributed by atoms with van der Waals surface area (Å²) < 4.78 is 22.4. The van der Waals surface area contributed by atoms with Gasteiger partial charge < -0.3 is 20.4 Å². The van der Waals surface area contributed by atoms with Gasteiger partial charge in [0.05, 0.1) is 30.0 Å². The van der Waals surface area contributed by atoms with Crippen LogP contribution in [-0.4, -0.2) is 43.6 Å². The maximum Gasteiger partial charge on any atom is 0.267 e. The molecule has 0 bridgehead atoms. The average molecular weight is 454 g/mol. The highest BCUT2D eigenvalue weighted by atomic mass is 19.1. The molecule has 1 fully saturated rings. The fourth-order valence-corrected chi connectivity index (χ4v) is 4.46. The van der Waals surface area contributed by atoms with Gasteiger partial charge in [0.1, 0.15) is 17.2 Å². The fourth-order valence-electron chi connectivity index (χ4n) is 4.46. The minimum atomic E-state index is -0.565. The molecule has 0 radical (unpaired) electrons. The van der Waals surface area contributed by atoms with Gasteiger partial charge in [0, 0.05) is 19.3 Å². The number of carbonyl (C=O) groups excluding carboxylic acids is 1. The average Bonchev–Trinajstić information content (AvgIpc) is 3.21. The summed E-state index contributed by atoms with van der Waals surface area (Å²) in [6.07, 6.45) is 7.26. The second kappa shape index (κ2) is 9.62. The predicted octanol–water partition coefficient (Wildman–Crippen LogP) is 3.50. The maximum absolute atomic E-state index is 14.9. The number of primary amides is 1. The summed E-state index contributed by atoms with van der Waals surface area (Å²) in [5.74, 6) is -0.0586. The van der Waals surface area contributed by atoms with Crippen molar-refractivity contribution < 1.29 is 13.9 Å². The third-order valence-corrected chi connectivity index (χ3v) is 6.01. The zero-order valence-corrected chi connectivity index (χ0v) is 19.1. The van der Waals surface area contributed by atoms with Crippen LogP contribution in [0.1, 0.15) is 60.2 Å². The molecule has 10 heteroatoms. The van der Waals surface area contributed by atoms with Crippen molar-refractivity contribution >= 4 is 17.5 Å². The van der Waals surface area contributed by atoms with E-state index in [1.165, 1.54) is 0 Å². The molecule has 1 saturated heterocycles. The molecule has 0 aliphatic carbocycles. The molecule has 1 aliphatic rings. The molecule has 1 amide bonds. The third-order valence-electron chi connectivity index (χ3n) is 6.01. The lowest BCUT2D eigenvalue weighted by Crippen LogP contribution is -2.21. The predicted molar refractivity (Wildman–Crippen MR) is 122 cm³/mol. The van der Waals surface area contributed by atoms with E-state index in [4.69, 9.17) is 10.5 Å². The van der Waals surface area contributed by atoms with Gasteiger partial charge in [-0.1, -0.05) is 13.8 Å². The minimum Gasteiger partial charge on any atom is -0.381 e. The van der Waals surface area contributed by atoms with E-state index in [-0.39, 0.29) is 23.4 Å². The number of anilines is 2. The molecule has 3 aromatic rings. The maximum atomic E-state index is 14.9. The van der Waals surface area contributed by atoms with Crippen LogP contribution in [0.15, 0.2) is 18.6 Å². The molecular weight excluding hydrogens is 425 g/mol. The first-order chi connectivity index (χ1) is 15.9. The number of aryl methyl sites for hydroxylation is 1. The fraction of sp³-hybridized carbons (Fsp3) is 0.435. The lowest BCUT2D eigenvalue weighted by Gasteiger charge is -2.26. The van der Waals surface area contributed by atoms with Gasteiger partial charge in [-0.05, 0) is 43.7 Å². The topological polar surface area (TPSA) is 121 Å². The van der Waals surface area contributed by atoms with Crippen molar-refractivity contribution in [2.75, 3.05) is 18.5 Å². The SMILES string of the molecule is CCc1c(Nc2ncc(F)c(-c3cnc(C)n3C3CCOCC3)n2)cnc(C(N)=O)c1CC. The van der Waals surface area contributed by atoms with Crippen LogP contribution in [-0.2, 0) is 17.6 Å². The van der Waals surface area contributed by atoms with E-state index in [2.05, 4.69) is 25.3 Å². The summed E-state index contributed by atoms with van der Waals surface area (Å²) in [6.45, 7) is 7.15. The number of rotatable bonds is 7. The monoisotopic (exact) mass is 453 g/mol. The van der Waals surface area contributed by atoms with E-state index in [0.29, 0.717) is 37.4 Å². The standard InChI is InChI=1S/C23H28FN7O2/c1-4-15-16(5-2)20(22(25)32)27-11-18(15)29-23-28-10-17(24)21(30-23)19-12-26-13(3)31(19)14-6-8-33-9-7-14/h10-12,14H,4-9H2,1-3H3,(H2,25,32)(H,28,29,30). The van der Waals surface area contributed by atoms with Crippen LogP contribution in [0.25, 0.3) is 11.4 Å². The van der Waals surface area contributed by atoms with Gasteiger partial charge in [0.15, 0.2) is 5.82 Å². The van der Waals surface area contributed by atoms with E-state index in [9.17, 15) is 9.18 Å². The molecule has 0 saturated carbocycles. The first-order valence-corrected chi connectivity index (χ1v) is 11.2. The molecule has 4 rings (SSSR count). The van der Waals surface area contributed by atoms with Crippen LogP contribution in [0.5, 0.6) is 0 Å². The van der Waals surface area contributed by atoms with Gasteiger partial charge >= 0.3 is 0 Å². The van der Waals surface area contributed by atoms with E-state index < -0.39 is 11.7 Å². The summed E-state index contributed by atoms with van der Waals surface area (Å²) >= 11 is 0. The normalized spacial score (nSPS) is 14.4. The summed E-state index contributed by atoms with van der Waals surface area (Å²) in [5.41, 5.74) is 8.88. The smallest absolute Gasteiger partial charge is 0.267 e. The quantitative estimate of drug-likeness (QED) is 0.562. The Hall–Kier alpha value is -3.40. The van der Waals surface area contributed by atoms with Crippen molar-refractivity contribution in [2.45, 2.75) is 52.5 Å².